The van der Waals surface area contributed by atoms with Gasteiger partial charge in [0.25, 0.3) is 5.91 Å². The van der Waals surface area contributed by atoms with Gasteiger partial charge in [-0.15, -0.1) is 0 Å². The molecular weight excluding hydrogens is 629 g/mol. The first-order valence-corrected chi connectivity index (χ1v) is 15.7. The molecule has 0 bridgehead atoms. The van der Waals surface area contributed by atoms with Gasteiger partial charge in [-0.25, -0.2) is 9.18 Å². The molecule has 0 spiro atoms. The second-order valence-corrected chi connectivity index (χ2v) is 11.6. The Bertz CT molecular complexity index is 1870. The minimum absolute atomic E-state index is 0.0102. The molecule has 0 radical (unpaired) electrons. The summed E-state index contributed by atoms with van der Waals surface area (Å²) in [6.45, 7) is 1.69. The van der Waals surface area contributed by atoms with E-state index in [1.54, 1.807) is 51.5 Å². The highest BCUT2D eigenvalue weighted by molar-refractivity contribution is 6.03. The van der Waals surface area contributed by atoms with Crippen LogP contribution >= 0.6 is 0 Å². The number of carbonyl (C=O) groups is 1. The summed E-state index contributed by atoms with van der Waals surface area (Å²) < 4.78 is 40.7. The predicted molar refractivity (Wildman–Crippen MR) is 181 cm³/mol. The highest BCUT2D eigenvalue weighted by Crippen LogP contribution is 2.44. The lowest BCUT2D eigenvalue weighted by molar-refractivity contribution is -0.137. The number of alkyl halides is 1. The summed E-state index contributed by atoms with van der Waals surface area (Å²) in [5, 5.41) is 13.8. The van der Waals surface area contributed by atoms with Crippen LogP contribution in [-0.2, 0) is 15.1 Å². The maximum absolute atomic E-state index is 15.8. The molecule has 1 fully saturated rings. The zero-order valence-corrected chi connectivity index (χ0v) is 27.1. The quantitative estimate of drug-likeness (QED) is 0.177. The van der Waals surface area contributed by atoms with Crippen LogP contribution in [0.3, 0.4) is 0 Å². The van der Waals surface area contributed by atoms with Crippen molar-refractivity contribution in [1.29, 1.82) is 0 Å². The van der Waals surface area contributed by atoms with E-state index >= 15 is 4.39 Å². The van der Waals surface area contributed by atoms with Gasteiger partial charge in [-0.05, 0) is 66.1 Å². The van der Waals surface area contributed by atoms with E-state index in [9.17, 15) is 14.7 Å². The Balaban J connectivity index is 1.32. The summed E-state index contributed by atoms with van der Waals surface area (Å²) in [5.74, 6) is 0.832. The topological polar surface area (TPSA) is 121 Å². The van der Waals surface area contributed by atoms with Gasteiger partial charge in [0.15, 0.2) is 12.4 Å². The van der Waals surface area contributed by atoms with Crippen molar-refractivity contribution in [3.8, 4) is 11.5 Å². The number of anilines is 1. The average Bonchev–Trinajstić information content (AvgIpc) is 3.44. The van der Waals surface area contributed by atoms with Gasteiger partial charge in [-0.2, -0.15) is 4.98 Å². The fourth-order valence-corrected chi connectivity index (χ4v) is 6.10. The Hall–Kier alpha value is -5.36. The molecular formula is C38H36FN3O7. The summed E-state index contributed by atoms with van der Waals surface area (Å²) in [6.07, 6.45) is -5.98. The maximum Gasteiger partial charge on any atom is 0.351 e. The van der Waals surface area contributed by atoms with Gasteiger partial charge in [0.05, 0.1) is 20.3 Å². The van der Waals surface area contributed by atoms with Crippen molar-refractivity contribution in [3.63, 3.8) is 0 Å². The Morgan fingerprint density at radius 1 is 0.857 bits per heavy atom. The smallest absolute Gasteiger partial charge is 0.351 e. The van der Waals surface area contributed by atoms with Crippen molar-refractivity contribution < 1.29 is 33.2 Å². The summed E-state index contributed by atoms with van der Waals surface area (Å²) in [6, 6.07) is 34.2. The molecule has 0 aliphatic carbocycles. The van der Waals surface area contributed by atoms with Gasteiger partial charge in [0, 0.05) is 11.8 Å². The highest BCUT2D eigenvalue weighted by Gasteiger charge is 2.50. The molecule has 1 aliphatic rings. The molecule has 2 heterocycles. The molecule has 5 aromatic rings. The lowest BCUT2D eigenvalue weighted by atomic mass is 9.79. The Kier molecular flexibility index (Phi) is 9.86. The van der Waals surface area contributed by atoms with Gasteiger partial charge in [-0.3, -0.25) is 9.36 Å². The van der Waals surface area contributed by atoms with E-state index in [1.165, 1.54) is 12.3 Å². The third kappa shape index (κ3) is 6.68. The predicted octanol–water partition coefficient (Wildman–Crippen LogP) is 5.51. The van der Waals surface area contributed by atoms with Crippen molar-refractivity contribution in [1.82, 2.24) is 9.55 Å². The number of benzene rings is 4. The lowest BCUT2D eigenvalue weighted by Gasteiger charge is -2.40. The van der Waals surface area contributed by atoms with Crippen LogP contribution in [0.2, 0.25) is 0 Å². The molecule has 0 saturated carbocycles. The zero-order chi connectivity index (χ0) is 34.5. The monoisotopic (exact) mass is 665 g/mol. The number of ether oxygens (including phenoxy) is 4. The summed E-state index contributed by atoms with van der Waals surface area (Å²) in [5.41, 5.74) is 0.508. The molecule has 1 aliphatic heterocycles. The number of nitrogens with one attached hydrogen (secondary N) is 1. The first-order valence-electron chi connectivity index (χ1n) is 15.7. The van der Waals surface area contributed by atoms with Gasteiger partial charge in [0.2, 0.25) is 0 Å². The van der Waals surface area contributed by atoms with Crippen LogP contribution in [0, 0.1) is 0 Å². The van der Waals surface area contributed by atoms with Crippen molar-refractivity contribution in [2.45, 2.75) is 43.2 Å². The van der Waals surface area contributed by atoms with E-state index < -0.39 is 47.9 Å². The lowest BCUT2D eigenvalue weighted by Crippen LogP contribution is -2.44. The van der Waals surface area contributed by atoms with E-state index in [2.05, 4.69) is 10.3 Å². The SMILES string of the molecule is COc1ccc(C(O[C@H](C)C2O[C@@H](n3ccc(NC(=O)c4ccccc4)nc3=O)[C@H](F)[C@@H]2O)(c2ccccc2)c2ccc(OC)cc2)cc1. The molecule has 4 aromatic carbocycles. The second kappa shape index (κ2) is 14.4. The van der Waals surface area contributed by atoms with Crippen LogP contribution in [0.15, 0.2) is 126 Å². The van der Waals surface area contributed by atoms with Crippen LogP contribution < -0.4 is 20.5 Å². The fourth-order valence-electron chi connectivity index (χ4n) is 6.10. The Morgan fingerprint density at radius 2 is 1.39 bits per heavy atom. The number of nitrogens with zero attached hydrogens (tertiary/aromatic N) is 2. The van der Waals surface area contributed by atoms with E-state index in [0.29, 0.717) is 17.1 Å². The normalized spacial score (nSPS) is 19.6. The molecule has 49 heavy (non-hydrogen) atoms. The molecule has 1 amide bonds. The Labute approximate surface area is 282 Å². The number of halogens is 1. The molecule has 2 N–H and O–H groups in total. The highest BCUT2D eigenvalue weighted by atomic mass is 19.1. The number of hydrogen-bond donors (Lipinski definition) is 2. The van der Waals surface area contributed by atoms with E-state index in [4.69, 9.17) is 18.9 Å². The van der Waals surface area contributed by atoms with Crippen LogP contribution in [0.5, 0.6) is 11.5 Å². The van der Waals surface area contributed by atoms with Crippen molar-refractivity contribution in [2.75, 3.05) is 19.5 Å². The van der Waals surface area contributed by atoms with Crippen LogP contribution in [0.4, 0.5) is 10.2 Å². The summed E-state index contributed by atoms with van der Waals surface area (Å²) in [4.78, 5) is 29.6. The van der Waals surface area contributed by atoms with Crippen LogP contribution in [-0.4, -0.2) is 59.3 Å². The molecule has 5 atom stereocenters. The zero-order valence-electron chi connectivity index (χ0n) is 27.1. The standard InChI is InChI=1S/C38H36FN3O7/c1-24(34-33(43)32(39)36(48-34)42-23-22-31(41-37(42)45)40-35(44)25-10-6-4-7-11-25)49-38(26-12-8-5-9-13-26,27-14-18-29(46-2)19-15-27)28-16-20-30(47-3)21-17-28/h4-24,32-34,36,43H,1-3H3,(H,40,41,44,45)/t24-,32-,33+,34?,36-/m1/s1. The van der Waals surface area contributed by atoms with Crippen molar-refractivity contribution in [3.05, 3.63) is 154 Å². The van der Waals surface area contributed by atoms with Gasteiger partial charge in [0.1, 0.15) is 35.1 Å². The summed E-state index contributed by atoms with van der Waals surface area (Å²) in [7, 11) is 3.17. The van der Waals surface area contributed by atoms with E-state index in [1.807, 2.05) is 78.9 Å². The molecule has 1 aromatic heterocycles. The minimum atomic E-state index is -1.99. The maximum atomic E-state index is 15.8. The van der Waals surface area contributed by atoms with Crippen LogP contribution in [0.25, 0.3) is 0 Å². The number of rotatable bonds is 11. The molecule has 6 rings (SSSR count). The van der Waals surface area contributed by atoms with Crippen LogP contribution in [0.1, 0.15) is 40.2 Å². The molecule has 1 unspecified atom stereocenters. The Morgan fingerprint density at radius 3 is 1.92 bits per heavy atom. The van der Waals surface area contributed by atoms with Gasteiger partial charge < -0.3 is 29.4 Å². The molecule has 1 saturated heterocycles. The number of hydrogen-bond acceptors (Lipinski definition) is 8. The number of aromatic nitrogens is 2. The largest absolute Gasteiger partial charge is 0.497 e. The molecule has 11 heteroatoms. The van der Waals surface area contributed by atoms with Crippen molar-refractivity contribution in [2.24, 2.45) is 0 Å². The van der Waals surface area contributed by atoms with E-state index in [-0.39, 0.29) is 5.82 Å². The number of methoxy groups -OCH3 is 2. The van der Waals surface area contributed by atoms with Gasteiger partial charge in [-0.1, -0.05) is 72.8 Å². The minimum Gasteiger partial charge on any atom is -0.497 e. The number of aliphatic hydroxyl groups excluding tert-OH is 1. The van der Waals surface area contributed by atoms with Crippen molar-refractivity contribution >= 4 is 11.7 Å². The average molecular weight is 666 g/mol. The first kappa shape index (κ1) is 33.5. The molecule has 10 nitrogen and oxygen atoms in total. The second-order valence-electron chi connectivity index (χ2n) is 11.6. The van der Waals surface area contributed by atoms with E-state index in [0.717, 1.165) is 21.3 Å². The fraction of sp³-hybridized carbons (Fsp3) is 0.237. The third-order valence-electron chi connectivity index (χ3n) is 8.61. The third-order valence-corrected chi connectivity index (χ3v) is 8.61. The number of carbonyl (C=O) groups excluding carboxylic acids is 1. The first-order chi connectivity index (χ1) is 23.7. The molecule has 252 valence electrons. The summed E-state index contributed by atoms with van der Waals surface area (Å²) >= 11 is 0. The van der Waals surface area contributed by atoms with Gasteiger partial charge >= 0.3 is 5.69 Å². The number of aliphatic hydroxyl groups is 1. The number of amides is 1.